The van der Waals surface area contributed by atoms with Crippen molar-refractivity contribution in [2.45, 2.75) is 49.8 Å². The van der Waals surface area contributed by atoms with E-state index in [4.69, 9.17) is 24.1 Å². The van der Waals surface area contributed by atoms with Crippen molar-refractivity contribution in [3.8, 4) is 0 Å². The molecular formula is C27H36NO13+. The van der Waals surface area contributed by atoms with Crippen LogP contribution in [-0.2, 0) is 33.3 Å². The molecular weight excluding hydrogens is 546 g/mol. The van der Waals surface area contributed by atoms with Gasteiger partial charge >= 0.3 is 17.9 Å². The largest absolute Gasteiger partial charge is 0.481 e. The molecule has 0 bridgehead atoms. The molecule has 14 nitrogen and oxygen atoms in total. The van der Waals surface area contributed by atoms with Crippen LogP contribution < -0.4 is 4.90 Å². The summed E-state index contributed by atoms with van der Waals surface area (Å²) >= 11 is 0. The van der Waals surface area contributed by atoms with Crippen molar-refractivity contribution in [1.29, 1.82) is 0 Å². The Morgan fingerprint density at radius 3 is 2.49 bits per heavy atom. The van der Waals surface area contributed by atoms with Gasteiger partial charge in [-0.2, -0.15) is 0 Å². The van der Waals surface area contributed by atoms with Gasteiger partial charge in [-0.05, 0) is 6.08 Å². The number of ether oxygens (including phenoxy) is 4. The van der Waals surface area contributed by atoms with E-state index in [-0.39, 0.29) is 24.1 Å². The van der Waals surface area contributed by atoms with Gasteiger partial charge in [0.25, 0.3) is 0 Å². The lowest BCUT2D eigenvalue weighted by Gasteiger charge is -2.42. The van der Waals surface area contributed by atoms with Gasteiger partial charge in [0.15, 0.2) is 6.29 Å². The van der Waals surface area contributed by atoms with Gasteiger partial charge in [-0.1, -0.05) is 18.2 Å². The van der Waals surface area contributed by atoms with Crippen LogP contribution >= 0.6 is 0 Å². The van der Waals surface area contributed by atoms with Crippen molar-refractivity contribution in [3.63, 3.8) is 0 Å². The minimum atomic E-state index is -1.69. The van der Waals surface area contributed by atoms with Gasteiger partial charge in [-0.3, -0.25) is 4.79 Å². The minimum absolute atomic E-state index is 0.0547. The van der Waals surface area contributed by atoms with Crippen molar-refractivity contribution >= 4 is 17.9 Å². The fourth-order valence-corrected chi connectivity index (χ4v) is 4.81. The highest BCUT2D eigenvalue weighted by Gasteiger charge is 2.47. The molecule has 14 heteroatoms. The van der Waals surface area contributed by atoms with Gasteiger partial charge in [0, 0.05) is 17.9 Å². The molecule has 0 spiro atoms. The predicted molar refractivity (Wildman–Crippen MR) is 138 cm³/mol. The number of carboxylic acid groups (broad SMARTS) is 2. The number of methoxy groups -OCH3 is 1. The Balaban J connectivity index is 1.88. The first-order valence-corrected chi connectivity index (χ1v) is 12.9. The zero-order valence-corrected chi connectivity index (χ0v) is 22.4. The van der Waals surface area contributed by atoms with E-state index in [2.05, 4.69) is 6.58 Å². The number of carbonyl (C=O) groups excluding carboxylic acids is 1. The summed E-state index contributed by atoms with van der Waals surface area (Å²) in [6, 6.07) is 0. The molecule has 0 saturated carbocycles. The molecule has 9 atom stereocenters. The average Bonchev–Trinajstić information content (AvgIpc) is 2.95. The van der Waals surface area contributed by atoms with Crippen LogP contribution in [0.5, 0.6) is 0 Å². The first-order chi connectivity index (χ1) is 19.5. The van der Waals surface area contributed by atoms with Crippen molar-refractivity contribution < 1.29 is 68.9 Å². The molecule has 3 heterocycles. The van der Waals surface area contributed by atoms with E-state index in [0.29, 0.717) is 18.5 Å². The summed E-state index contributed by atoms with van der Waals surface area (Å²) in [5, 5.41) is 58.5. The lowest BCUT2D eigenvalue weighted by molar-refractivity contribution is -0.842. The minimum Gasteiger partial charge on any atom is -0.481 e. The van der Waals surface area contributed by atoms with Gasteiger partial charge in [-0.25, -0.2) is 9.59 Å². The monoisotopic (exact) mass is 582 g/mol. The Labute approximate surface area is 235 Å². The number of quaternary nitrogens is 1. The third kappa shape index (κ3) is 7.89. The molecule has 0 aromatic heterocycles. The number of nitrogens with one attached hydrogen (secondary N) is 1. The number of aliphatic hydroxyl groups is 4. The maximum Gasteiger partial charge on any atom is 0.337 e. The maximum atomic E-state index is 12.6. The third-order valence-electron chi connectivity index (χ3n) is 7.02. The Morgan fingerprint density at radius 2 is 1.88 bits per heavy atom. The molecule has 0 aromatic rings. The quantitative estimate of drug-likeness (QED) is 0.0967. The molecule has 3 rings (SSSR count). The highest BCUT2D eigenvalue weighted by molar-refractivity contribution is 5.89. The number of carboxylic acids is 2. The van der Waals surface area contributed by atoms with Crippen LogP contribution in [0.2, 0.25) is 0 Å². The normalized spacial score (nSPS) is 33.7. The average molecular weight is 583 g/mol. The topological polar surface area (TPSA) is 214 Å². The van der Waals surface area contributed by atoms with E-state index in [9.17, 15) is 39.9 Å². The molecule has 0 radical (unpaired) electrons. The third-order valence-corrected chi connectivity index (χ3v) is 7.02. The summed E-state index contributed by atoms with van der Waals surface area (Å²) in [5.74, 6) is -4.33. The Morgan fingerprint density at radius 1 is 1.15 bits per heavy atom. The van der Waals surface area contributed by atoms with E-state index in [0.717, 1.165) is 11.2 Å². The SMILES string of the molecule is C=C[C@@H]1[C@@H](O[C@@H]2O[C@H](CO)[C@@H](O)[C@H](O)[C@H]2O)OC=C(C(=O)OC)[C@H]1/C=C/C1=C[NH+](CCCC(=O)O)CC(C(=O)O)=C1. The number of esters is 1. The van der Waals surface area contributed by atoms with Crippen molar-refractivity contribution in [2.24, 2.45) is 11.8 Å². The molecule has 0 amide bonds. The zero-order valence-electron chi connectivity index (χ0n) is 22.4. The van der Waals surface area contributed by atoms with Gasteiger partial charge in [0.05, 0.1) is 50.0 Å². The number of rotatable bonds is 12. The number of aliphatic carboxylic acids is 2. The van der Waals surface area contributed by atoms with Crippen LogP contribution in [-0.4, -0.2) is 112 Å². The van der Waals surface area contributed by atoms with E-state index in [1.54, 1.807) is 18.4 Å². The van der Waals surface area contributed by atoms with E-state index in [1.807, 2.05) is 0 Å². The predicted octanol–water partition coefficient (Wildman–Crippen LogP) is -2.15. The first kappa shape index (κ1) is 32.1. The molecule has 41 heavy (non-hydrogen) atoms. The molecule has 3 aliphatic heterocycles. The van der Waals surface area contributed by atoms with Crippen molar-refractivity contribution in [2.75, 3.05) is 26.8 Å². The highest BCUT2D eigenvalue weighted by atomic mass is 16.8. The Bertz CT molecular complexity index is 1110. The summed E-state index contributed by atoms with van der Waals surface area (Å²) in [4.78, 5) is 35.9. The maximum absolute atomic E-state index is 12.6. The molecule has 0 aliphatic carbocycles. The number of hydrogen-bond acceptors (Lipinski definition) is 11. The van der Waals surface area contributed by atoms with Gasteiger partial charge in [-0.15, -0.1) is 6.58 Å². The van der Waals surface area contributed by atoms with Crippen molar-refractivity contribution in [3.05, 3.63) is 60.1 Å². The smallest absolute Gasteiger partial charge is 0.337 e. The fraction of sp³-hybridized carbons (Fsp3) is 0.519. The van der Waals surface area contributed by atoms with Crippen molar-refractivity contribution in [1.82, 2.24) is 0 Å². The molecule has 1 fully saturated rings. The summed E-state index contributed by atoms with van der Waals surface area (Å²) in [6.45, 7) is 3.70. The van der Waals surface area contributed by atoms with Gasteiger partial charge < -0.3 is 54.5 Å². The Hall–Kier alpha value is -3.37. The summed E-state index contributed by atoms with van der Waals surface area (Å²) < 4.78 is 21.7. The number of carbonyl (C=O) groups is 3. The van der Waals surface area contributed by atoms with Crippen LogP contribution in [0.3, 0.4) is 0 Å². The van der Waals surface area contributed by atoms with Gasteiger partial charge in [0.1, 0.15) is 37.2 Å². The second-order valence-corrected chi connectivity index (χ2v) is 9.80. The summed E-state index contributed by atoms with van der Waals surface area (Å²) in [5.41, 5.74) is 0.716. The number of allylic oxidation sites excluding steroid dienone is 4. The second kappa shape index (κ2) is 14.5. The van der Waals surface area contributed by atoms with Crippen LogP contribution in [0, 0.1) is 11.8 Å². The number of hydrogen-bond donors (Lipinski definition) is 7. The van der Waals surface area contributed by atoms with E-state index >= 15 is 0 Å². The molecule has 7 N–H and O–H groups in total. The molecule has 0 aromatic carbocycles. The Kier molecular flexibility index (Phi) is 11.4. The van der Waals surface area contributed by atoms with E-state index < -0.39 is 73.3 Å². The molecule has 3 aliphatic rings. The number of aliphatic hydroxyl groups excluding tert-OH is 4. The lowest BCUT2D eigenvalue weighted by atomic mass is 9.83. The zero-order chi connectivity index (χ0) is 30.3. The van der Waals surface area contributed by atoms with Gasteiger partial charge in [0.2, 0.25) is 6.29 Å². The van der Waals surface area contributed by atoms with E-state index in [1.165, 1.54) is 19.3 Å². The first-order valence-electron chi connectivity index (χ1n) is 12.9. The summed E-state index contributed by atoms with van der Waals surface area (Å²) in [6.07, 6.45) is 0.416. The van der Waals surface area contributed by atoms with Crippen LogP contribution in [0.15, 0.2) is 60.1 Å². The van der Waals surface area contributed by atoms with Crippen LogP contribution in [0.4, 0.5) is 0 Å². The molecule has 1 saturated heterocycles. The van der Waals surface area contributed by atoms with Crippen LogP contribution in [0.25, 0.3) is 0 Å². The fourth-order valence-electron chi connectivity index (χ4n) is 4.81. The summed E-state index contributed by atoms with van der Waals surface area (Å²) in [7, 11) is 1.19. The van der Waals surface area contributed by atoms with Crippen LogP contribution in [0.1, 0.15) is 12.8 Å². The molecule has 226 valence electrons. The molecule has 1 unspecified atom stereocenters. The lowest BCUT2D eigenvalue weighted by Crippen LogP contribution is -3.08. The standard InChI is InChI=1S/C27H35NO13/c1-3-16-17(7-6-14-9-15(24(35)36)11-28(10-14)8-4-5-20(30)31)18(25(37)38-2)13-39-26(16)41-27-23(34)22(33)21(32)19(12-29)40-27/h3,6-7,9-10,13,16-17,19,21-23,26-27,29,32-34H,1,4-5,8,11-12H2,2H3,(H,30,31)(H,35,36)/p+1/b7-6+/t16-,17-,19+,21+,22-,23+,26+,27-/m0/s1. The second-order valence-electron chi connectivity index (χ2n) is 9.80. The highest BCUT2D eigenvalue weighted by Crippen LogP contribution is 2.36.